The molecule has 1 aliphatic rings. The Morgan fingerprint density at radius 2 is 2.35 bits per heavy atom. The first-order valence-corrected chi connectivity index (χ1v) is 6.86. The first-order chi connectivity index (χ1) is 9.60. The molecule has 5 nitrogen and oxygen atoms in total. The lowest BCUT2D eigenvalue weighted by molar-refractivity contribution is -0.146. The van der Waals surface area contributed by atoms with Gasteiger partial charge in [-0.25, -0.2) is 0 Å². The number of methoxy groups -OCH3 is 1. The van der Waals surface area contributed by atoms with Crippen LogP contribution < -0.4 is 4.74 Å². The van der Waals surface area contributed by atoms with Crippen LogP contribution in [0.1, 0.15) is 6.42 Å². The van der Waals surface area contributed by atoms with Gasteiger partial charge in [-0.3, -0.25) is 9.69 Å². The maximum absolute atomic E-state index is 11.6. The third-order valence-corrected chi connectivity index (χ3v) is 3.53. The van der Waals surface area contributed by atoms with E-state index < -0.39 is 12.1 Å². The molecule has 1 fully saturated rings. The minimum absolute atomic E-state index is 0.315. The standard InChI is InChI=1S/C14H18ClNO4/c1-19-14(18)13-8-11(17)9-16(13)5-6-20-12-4-2-3-10(15)7-12/h2-4,7,11,13,17H,5-6,8-9H2,1H3. The second kappa shape index (κ2) is 6.92. The summed E-state index contributed by atoms with van der Waals surface area (Å²) in [5.74, 6) is 0.371. The van der Waals surface area contributed by atoms with Crippen molar-refractivity contribution < 1.29 is 19.4 Å². The number of benzene rings is 1. The summed E-state index contributed by atoms with van der Waals surface area (Å²) in [5.41, 5.74) is 0. The molecule has 2 unspecified atom stereocenters. The molecule has 0 spiro atoms. The fourth-order valence-electron chi connectivity index (χ4n) is 2.35. The number of rotatable bonds is 5. The van der Waals surface area contributed by atoms with E-state index in [1.807, 2.05) is 17.0 Å². The van der Waals surface area contributed by atoms with Crippen LogP contribution >= 0.6 is 11.6 Å². The van der Waals surface area contributed by atoms with E-state index in [0.29, 0.717) is 36.9 Å². The molecular weight excluding hydrogens is 282 g/mol. The fraction of sp³-hybridized carbons (Fsp3) is 0.500. The third kappa shape index (κ3) is 3.85. The highest BCUT2D eigenvalue weighted by Gasteiger charge is 2.36. The smallest absolute Gasteiger partial charge is 0.323 e. The molecule has 2 atom stereocenters. The molecule has 0 aromatic heterocycles. The largest absolute Gasteiger partial charge is 0.492 e. The van der Waals surface area contributed by atoms with Gasteiger partial charge in [-0.05, 0) is 18.2 Å². The number of ether oxygens (including phenoxy) is 2. The molecule has 1 heterocycles. The molecule has 0 amide bonds. The Bertz CT molecular complexity index is 468. The van der Waals surface area contributed by atoms with Crippen LogP contribution in [0.25, 0.3) is 0 Å². The van der Waals surface area contributed by atoms with Gasteiger partial charge < -0.3 is 14.6 Å². The minimum Gasteiger partial charge on any atom is -0.492 e. The van der Waals surface area contributed by atoms with E-state index in [9.17, 15) is 9.90 Å². The summed E-state index contributed by atoms with van der Waals surface area (Å²) < 4.78 is 10.3. The number of nitrogens with zero attached hydrogens (tertiary/aromatic N) is 1. The number of likely N-dealkylation sites (tertiary alicyclic amines) is 1. The minimum atomic E-state index is -0.495. The lowest BCUT2D eigenvalue weighted by Crippen LogP contribution is -2.39. The molecule has 0 aliphatic carbocycles. The number of carbonyl (C=O) groups is 1. The van der Waals surface area contributed by atoms with Crippen molar-refractivity contribution in [2.24, 2.45) is 0 Å². The van der Waals surface area contributed by atoms with E-state index in [2.05, 4.69) is 0 Å². The van der Waals surface area contributed by atoms with Crippen LogP contribution in [-0.2, 0) is 9.53 Å². The first-order valence-electron chi connectivity index (χ1n) is 6.48. The van der Waals surface area contributed by atoms with Gasteiger partial charge in [0.05, 0.1) is 13.2 Å². The van der Waals surface area contributed by atoms with Crippen LogP contribution in [0.3, 0.4) is 0 Å². The van der Waals surface area contributed by atoms with Gasteiger partial charge in [0, 0.05) is 24.5 Å². The summed E-state index contributed by atoms with van der Waals surface area (Å²) in [6.07, 6.45) is -0.0885. The number of hydrogen-bond acceptors (Lipinski definition) is 5. The van der Waals surface area contributed by atoms with Gasteiger partial charge in [-0.15, -0.1) is 0 Å². The predicted molar refractivity (Wildman–Crippen MR) is 74.9 cm³/mol. The SMILES string of the molecule is COC(=O)C1CC(O)CN1CCOc1cccc(Cl)c1. The summed E-state index contributed by atoms with van der Waals surface area (Å²) >= 11 is 5.87. The molecule has 2 rings (SSSR count). The van der Waals surface area contributed by atoms with Crippen LogP contribution in [0.5, 0.6) is 5.75 Å². The Labute approximate surface area is 123 Å². The molecule has 1 aromatic rings. The molecule has 6 heteroatoms. The molecule has 110 valence electrons. The fourth-order valence-corrected chi connectivity index (χ4v) is 2.53. The van der Waals surface area contributed by atoms with E-state index in [1.54, 1.807) is 12.1 Å². The van der Waals surface area contributed by atoms with Crippen molar-refractivity contribution in [3.05, 3.63) is 29.3 Å². The lowest BCUT2D eigenvalue weighted by Gasteiger charge is -2.21. The summed E-state index contributed by atoms with van der Waals surface area (Å²) in [6.45, 7) is 1.42. The van der Waals surface area contributed by atoms with Crippen molar-refractivity contribution >= 4 is 17.6 Å². The topological polar surface area (TPSA) is 59.0 Å². The van der Waals surface area contributed by atoms with Gasteiger partial charge in [0.25, 0.3) is 0 Å². The number of carbonyl (C=O) groups excluding carboxylic acids is 1. The van der Waals surface area contributed by atoms with Crippen LogP contribution in [0.15, 0.2) is 24.3 Å². The second-order valence-corrected chi connectivity index (χ2v) is 5.17. The Balaban J connectivity index is 1.85. The Hall–Kier alpha value is -1.30. The van der Waals surface area contributed by atoms with Gasteiger partial charge >= 0.3 is 5.97 Å². The Morgan fingerprint density at radius 1 is 1.55 bits per heavy atom. The summed E-state index contributed by atoms with van der Waals surface area (Å²) in [7, 11) is 1.35. The lowest BCUT2D eigenvalue weighted by atomic mass is 10.2. The van der Waals surface area contributed by atoms with Crippen molar-refractivity contribution in [2.45, 2.75) is 18.6 Å². The zero-order chi connectivity index (χ0) is 14.5. The molecule has 1 N–H and O–H groups in total. The number of hydrogen-bond donors (Lipinski definition) is 1. The summed E-state index contributed by atoms with van der Waals surface area (Å²) in [6, 6.07) is 6.76. The van der Waals surface area contributed by atoms with Gasteiger partial charge in [0.1, 0.15) is 18.4 Å². The van der Waals surface area contributed by atoms with E-state index in [-0.39, 0.29) is 5.97 Å². The molecular formula is C14H18ClNO4. The van der Waals surface area contributed by atoms with Gasteiger partial charge in [-0.2, -0.15) is 0 Å². The zero-order valence-electron chi connectivity index (χ0n) is 11.3. The van der Waals surface area contributed by atoms with Crippen LogP contribution in [0, 0.1) is 0 Å². The number of aliphatic hydroxyl groups is 1. The molecule has 20 heavy (non-hydrogen) atoms. The average molecular weight is 300 g/mol. The Morgan fingerprint density at radius 3 is 3.05 bits per heavy atom. The predicted octanol–water partition coefficient (Wildman–Crippen LogP) is 1.33. The monoisotopic (exact) mass is 299 g/mol. The molecule has 1 aliphatic heterocycles. The second-order valence-electron chi connectivity index (χ2n) is 4.73. The van der Waals surface area contributed by atoms with Crippen molar-refractivity contribution in [3.8, 4) is 5.75 Å². The van der Waals surface area contributed by atoms with Crippen molar-refractivity contribution in [2.75, 3.05) is 26.8 Å². The third-order valence-electron chi connectivity index (χ3n) is 3.30. The maximum atomic E-state index is 11.6. The molecule has 0 bridgehead atoms. The summed E-state index contributed by atoms with van der Waals surface area (Å²) in [5, 5.41) is 10.3. The molecule has 0 saturated carbocycles. The maximum Gasteiger partial charge on any atom is 0.323 e. The van der Waals surface area contributed by atoms with Crippen molar-refractivity contribution in [1.29, 1.82) is 0 Å². The highest BCUT2D eigenvalue weighted by atomic mass is 35.5. The van der Waals surface area contributed by atoms with Gasteiger partial charge in [0.2, 0.25) is 0 Å². The number of aliphatic hydroxyl groups excluding tert-OH is 1. The molecule has 0 radical (unpaired) electrons. The molecule has 1 aromatic carbocycles. The van der Waals surface area contributed by atoms with E-state index in [1.165, 1.54) is 7.11 Å². The highest BCUT2D eigenvalue weighted by Crippen LogP contribution is 2.20. The van der Waals surface area contributed by atoms with Gasteiger partial charge in [0.15, 0.2) is 0 Å². The number of β-amino-alcohol motifs (C(OH)–C–C–N with tert-alkyl or cyclic N) is 1. The van der Waals surface area contributed by atoms with Crippen LogP contribution in [0.2, 0.25) is 5.02 Å². The summed E-state index contributed by atoms with van der Waals surface area (Å²) in [4.78, 5) is 13.5. The van der Waals surface area contributed by atoms with E-state index >= 15 is 0 Å². The zero-order valence-corrected chi connectivity index (χ0v) is 12.0. The first kappa shape index (κ1) is 15.1. The Kier molecular flexibility index (Phi) is 5.23. The number of halogens is 1. The van der Waals surface area contributed by atoms with E-state index in [4.69, 9.17) is 21.1 Å². The van der Waals surface area contributed by atoms with Crippen molar-refractivity contribution in [1.82, 2.24) is 4.90 Å². The van der Waals surface area contributed by atoms with Crippen molar-refractivity contribution in [3.63, 3.8) is 0 Å². The van der Waals surface area contributed by atoms with Crippen LogP contribution in [-0.4, -0.2) is 54.9 Å². The normalized spacial score (nSPS) is 22.8. The van der Waals surface area contributed by atoms with Crippen LogP contribution in [0.4, 0.5) is 0 Å². The molecule has 1 saturated heterocycles. The highest BCUT2D eigenvalue weighted by molar-refractivity contribution is 6.30. The average Bonchev–Trinajstić information content (AvgIpc) is 2.79. The quantitative estimate of drug-likeness (QED) is 0.831. The number of esters is 1. The van der Waals surface area contributed by atoms with E-state index in [0.717, 1.165) is 0 Å². The van der Waals surface area contributed by atoms with Gasteiger partial charge in [-0.1, -0.05) is 17.7 Å².